The average Bonchev–Trinajstić information content (AvgIpc) is 2.75. The van der Waals surface area contributed by atoms with E-state index in [4.69, 9.17) is 4.74 Å². The molecule has 1 aliphatic rings. The van der Waals surface area contributed by atoms with E-state index in [1.54, 1.807) is 0 Å². The SMILES string of the molecule is C=C(C)c1ccc(OC(=O)c2ccc(C3CCC(CCCCC)CC3)cc2)cc1. The molecular formula is C27H34O2. The summed E-state index contributed by atoms with van der Waals surface area (Å²) in [5.41, 5.74) is 4.01. The van der Waals surface area contributed by atoms with Crippen LogP contribution in [0.5, 0.6) is 5.75 Å². The topological polar surface area (TPSA) is 26.3 Å². The Morgan fingerprint density at radius 2 is 1.55 bits per heavy atom. The molecule has 0 unspecified atom stereocenters. The first-order chi connectivity index (χ1) is 14.1. The van der Waals surface area contributed by atoms with Crippen LogP contribution in [0, 0.1) is 5.92 Å². The van der Waals surface area contributed by atoms with Gasteiger partial charge in [-0.2, -0.15) is 0 Å². The number of hydrogen-bond acceptors (Lipinski definition) is 2. The molecule has 0 aliphatic heterocycles. The van der Waals surface area contributed by atoms with Crippen molar-refractivity contribution in [3.8, 4) is 5.75 Å². The van der Waals surface area contributed by atoms with Gasteiger partial charge in [0.15, 0.2) is 0 Å². The molecule has 2 heteroatoms. The van der Waals surface area contributed by atoms with E-state index < -0.39 is 0 Å². The van der Waals surface area contributed by atoms with E-state index in [9.17, 15) is 4.79 Å². The van der Waals surface area contributed by atoms with E-state index >= 15 is 0 Å². The van der Waals surface area contributed by atoms with Crippen molar-refractivity contribution >= 4 is 11.5 Å². The normalized spacial score (nSPS) is 19.0. The van der Waals surface area contributed by atoms with E-state index in [0.29, 0.717) is 17.2 Å². The highest BCUT2D eigenvalue weighted by atomic mass is 16.5. The molecule has 1 saturated carbocycles. The van der Waals surface area contributed by atoms with Crippen molar-refractivity contribution in [2.45, 2.75) is 71.1 Å². The predicted molar refractivity (Wildman–Crippen MR) is 121 cm³/mol. The second-order valence-corrected chi connectivity index (χ2v) is 8.53. The second-order valence-electron chi connectivity index (χ2n) is 8.53. The van der Waals surface area contributed by atoms with Crippen molar-refractivity contribution in [3.05, 3.63) is 71.8 Å². The van der Waals surface area contributed by atoms with E-state index in [0.717, 1.165) is 17.1 Å². The van der Waals surface area contributed by atoms with Crippen molar-refractivity contribution in [3.63, 3.8) is 0 Å². The lowest BCUT2D eigenvalue weighted by Gasteiger charge is -2.29. The highest BCUT2D eigenvalue weighted by molar-refractivity contribution is 5.91. The van der Waals surface area contributed by atoms with Gasteiger partial charge in [-0.15, -0.1) is 0 Å². The van der Waals surface area contributed by atoms with Crippen LogP contribution in [0.4, 0.5) is 0 Å². The van der Waals surface area contributed by atoms with Crippen LogP contribution in [0.25, 0.3) is 5.57 Å². The Morgan fingerprint density at radius 1 is 0.931 bits per heavy atom. The maximum Gasteiger partial charge on any atom is 0.343 e. The maximum absolute atomic E-state index is 12.4. The van der Waals surface area contributed by atoms with Gasteiger partial charge in [0.1, 0.15) is 5.75 Å². The fraction of sp³-hybridized carbons (Fsp3) is 0.444. The lowest BCUT2D eigenvalue weighted by molar-refractivity contribution is 0.0734. The number of hydrogen-bond donors (Lipinski definition) is 0. The summed E-state index contributed by atoms with van der Waals surface area (Å²) < 4.78 is 5.51. The Morgan fingerprint density at radius 3 is 2.14 bits per heavy atom. The average molecular weight is 391 g/mol. The molecule has 0 heterocycles. The molecule has 0 bridgehead atoms. The predicted octanol–water partition coefficient (Wildman–Crippen LogP) is 7.79. The molecule has 2 nitrogen and oxygen atoms in total. The minimum absolute atomic E-state index is 0.306. The van der Waals surface area contributed by atoms with Gasteiger partial charge in [0.25, 0.3) is 0 Å². The van der Waals surface area contributed by atoms with Crippen LogP contribution in [0.15, 0.2) is 55.1 Å². The van der Waals surface area contributed by atoms with Crippen LogP contribution >= 0.6 is 0 Å². The summed E-state index contributed by atoms with van der Waals surface area (Å²) in [6.07, 6.45) is 10.7. The minimum atomic E-state index is -0.306. The van der Waals surface area contributed by atoms with Gasteiger partial charge in [0.05, 0.1) is 5.56 Å². The molecule has 0 atom stereocenters. The molecule has 154 valence electrons. The largest absolute Gasteiger partial charge is 0.423 e. The van der Waals surface area contributed by atoms with Crippen LogP contribution in [0.3, 0.4) is 0 Å². The number of carbonyl (C=O) groups excluding carboxylic acids is 1. The van der Waals surface area contributed by atoms with Gasteiger partial charge in [-0.25, -0.2) is 4.79 Å². The zero-order chi connectivity index (χ0) is 20.6. The summed E-state index contributed by atoms with van der Waals surface area (Å²) in [6, 6.07) is 15.5. The smallest absolute Gasteiger partial charge is 0.343 e. The first-order valence-corrected chi connectivity index (χ1v) is 11.1. The lowest BCUT2D eigenvalue weighted by Crippen LogP contribution is -2.14. The van der Waals surface area contributed by atoms with Crippen LogP contribution in [-0.4, -0.2) is 5.97 Å². The molecule has 1 aliphatic carbocycles. The third kappa shape index (κ3) is 6.06. The van der Waals surface area contributed by atoms with Crippen LogP contribution < -0.4 is 4.74 Å². The summed E-state index contributed by atoms with van der Waals surface area (Å²) in [5, 5.41) is 0. The van der Waals surface area contributed by atoms with Gasteiger partial charge in [0, 0.05) is 0 Å². The Kier molecular flexibility index (Phi) is 7.69. The number of rotatable bonds is 8. The lowest BCUT2D eigenvalue weighted by atomic mass is 9.77. The molecule has 29 heavy (non-hydrogen) atoms. The fourth-order valence-corrected chi connectivity index (χ4v) is 4.33. The number of benzene rings is 2. The molecule has 0 N–H and O–H groups in total. The van der Waals surface area contributed by atoms with Crippen molar-refractivity contribution in [2.24, 2.45) is 5.92 Å². The van der Waals surface area contributed by atoms with Crippen molar-refractivity contribution in [1.29, 1.82) is 0 Å². The fourth-order valence-electron chi connectivity index (χ4n) is 4.33. The molecule has 0 amide bonds. The van der Waals surface area contributed by atoms with E-state index in [1.807, 2.05) is 43.3 Å². The Labute approximate surface area is 176 Å². The molecule has 0 radical (unpaired) electrons. The standard InChI is InChI=1S/C27H34O2/c1-4-5-6-7-21-8-10-23(11-9-21)24-12-14-25(15-13-24)27(28)29-26-18-16-22(17-19-26)20(2)3/h12-19,21,23H,2,4-11H2,1,3H3. The highest BCUT2D eigenvalue weighted by Crippen LogP contribution is 2.37. The third-order valence-corrected chi connectivity index (χ3v) is 6.24. The number of unbranched alkanes of at least 4 members (excludes halogenated alkanes) is 2. The van der Waals surface area contributed by atoms with Gasteiger partial charge in [-0.3, -0.25) is 0 Å². The number of allylic oxidation sites excluding steroid dienone is 1. The Bertz CT molecular complexity index is 793. The van der Waals surface area contributed by atoms with Crippen molar-refractivity contribution in [2.75, 3.05) is 0 Å². The van der Waals surface area contributed by atoms with Gasteiger partial charge < -0.3 is 4.74 Å². The Hall–Kier alpha value is -2.35. The number of carbonyl (C=O) groups is 1. The number of ether oxygens (including phenoxy) is 1. The van der Waals surface area contributed by atoms with Crippen molar-refractivity contribution < 1.29 is 9.53 Å². The molecule has 0 aromatic heterocycles. The summed E-state index contributed by atoms with van der Waals surface area (Å²) >= 11 is 0. The Balaban J connectivity index is 1.52. The zero-order valence-electron chi connectivity index (χ0n) is 18.0. The summed E-state index contributed by atoms with van der Waals surface area (Å²) in [6.45, 7) is 8.16. The minimum Gasteiger partial charge on any atom is -0.423 e. The molecular weight excluding hydrogens is 356 g/mol. The van der Waals surface area contributed by atoms with Crippen LogP contribution in [-0.2, 0) is 0 Å². The molecule has 2 aromatic carbocycles. The van der Waals surface area contributed by atoms with E-state index in [2.05, 4.69) is 25.6 Å². The number of esters is 1. The van der Waals surface area contributed by atoms with Gasteiger partial charge in [-0.1, -0.05) is 69.0 Å². The van der Waals surface area contributed by atoms with Gasteiger partial charge in [0.2, 0.25) is 0 Å². The van der Waals surface area contributed by atoms with Gasteiger partial charge >= 0.3 is 5.97 Å². The maximum atomic E-state index is 12.4. The second kappa shape index (κ2) is 10.4. The summed E-state index contributed by atoms with van der Waals surface area (Å²) in [5.74, 6) is 1.81. The summed E-state index contributed by atoms with van der Waals surface area (Å²) in [4.78, 5) is 12.4. The molecule has 3 rings (SSSR count). The van der Waals surface area contributed by atoms with E-state index in [-0.39, 0.29) is 5.97 Å². The quantitative estimate of drug-likeness (QED) is 0.261. The highest BCUT2D eigenvalue weighted by Gasteiger charge is 2.22. The van der Waals surface area contributed by atoms with Crippen LogP contribution in [0.2, 0.25) is 0 Å². The van der Waals surface area contributed by atoms with E-state index in [1.165, 1.54) is 56.9 Å². The van der Waals surface area contributed by atoms with Crippen molar-refractivity contribution in [1.82, 2.24) is 0 Å². The first kappa shape index (κ1) is 21.4. The molecule has 1 fully saturated rings. The zero-order valence-corrected chi connectivity index (χ0v) is 18.0. The van der Waals surface area contributed by atoms with Gasteiger partial charge in [-0.05, 0) is 79.8 Å². The first-order valence-electron chi connectivity index (χ1n) is 11.1. The molecule has 2 aromatic rings. The third-order valence-electron chi connectivity index (χ3n) is 6.24. The summed E-state index contributed by atoms with van der Waals surface area (Å²) in [7, 11) is 0. The molecule has 0 spiro atoms. The molecule has 0 saturated heterocycles. The van der Waals surface area contributed by atoms with Crippen LogP contribution in [0.1, 0.15) is 92.6 Å². The monoisotopic (exact) mass is 390 g/mol.